The highest BCUT2D eigenvalue weighted by molar-refractivity contribution is 5.38. The summed E-state index contributed by atoms with van der Waals surface area (Å²) >= 11 is 0. The number of rotatable bonds is 1. The van der Waals surface area contributed by atoms with Gasteiger partial charge in [-0.15, -0.1) is 0 Å². The standard InChI is InChI=1S/C14H15NO2/c15-13-10-4-2-1-3-9(10)5-6-11(13)12-7-8-17-14(12)16/h1-4,7-8,11,13,16H,5-6,15H2. The second kappa shape index (κ2) is 3.93. The van der Waals surface area contributed by atoms with Crippen LogP contribution in [0.2, 0.25) is 0 Å². The van der Waals surface area contributed by atoms with Gasteiger partial charge in [0.1, 0.15) is 0 Å². The summed E-state index contributed by atoms with van der Waals surface area (Å²) in [5, 5.41) is 9.65. The third-order valence-corrected chi connectivity index (χ3v) is 3.65. The second-order valence-corrected chi connectivity index (χ2v) is 4.55. The van der Waals surface area contributed by atoms with Crippen LogP contribution in [0.1, 0.15) is 35.1 Å². The molecule has 3 rings (SSSR count). The molecule has 3 nitrogen and oxygen atoms in total. The van der Waals surface area contributed by atoms with Crippen molar-refractivity contribution in [1.82, 2.24) is 0 Å². The van der Waals surface area contributed by atoms with Crippen molar-refractivity contribution in [1.29, 1.82) is 0 Å². The molecule has 1 heterocycles. The Morgan fingerprint density at radius 3 is 2.76 bits per heavy atom. The molecule has 3 heteroatoms. The molecule has 3 N–H and O–H groups in total. The highest BCUT2D eigenvalue weighted by Gasteiger charge is 2.30. The summed E-state index contributed by atoms with van der Waals surface area (Å²) in [4.78, 5) is 0. The van der Waals surface area contributed by atoms with Crippen LogP contribution in [0.5, 0.6) is 5.95 Å². The summed E-state index contributed by atoms with van der Waals surface area (Å²) in [6.45, 7) is 0. The Morgan fingerprint density at radius 2 is 2.00 bits per heavy atom. The lowest BCUT2D eigenvalue weighted by atomic mass is 9.77. The maximum absolute atomic E-state index is 9.65. The van der Waals surface area contributed by atoms with E-state index in [1.165, 1.54) is 17.4 Å². The van der Waals surface area contributed by atoms with Gasteiger partial charge >= 0.3 is 0 Å². The van der Waals surface area contributed by atoms with Gasteiger partial charge in [-0.2, -0.15) is 0 Å². The minimum Gasteiger partial charge on any atom is -0.481 e. The largest absolute Gasteiger partial charge is 0.481 e. The van der Waals surface area contributed by atoms with E-state index in [9.17, 15) is 5.11 Å². The van der Waals surface area contributed by atoms with E-state index in [-0.39, 0.29) is 17.9 Å². The van der Waals surface area contributed by atoms with Gasteiger partial charge < -0.3 is 15.3 Å². The van der Waals surface area contributed by atoms with Gasteiger partial charge in [0.25, 0.3) is 5.95 Å². The molecule has 2 atom stereocenters. The molecule has 2 aromatic rings. The van der Waals surface area contributed by atoms with Crippen LogP contribution in [-0.2, 0) is 6.42 Å². The lowest BCUT2D eigenvalue weighted by Crippen LogP contribution is -2.25. The number of fused-ring (bicyclic) bond motifs is 1. The molecule has 0 spiro atoms. The molecule has 17 heavy (non-hydrogen) atoms. The average Bonchev–Trinajstić information content (AvgIpc) is 2.76. The van der Waals surface area contributed by atoms with Crippen LogP contribution < -0.4 is 5.73 Å². The molecule has 0 aliphatic heterocycles. The van der Waals surface area contributed by atoms with E-state index in [4.69, 9.17) is 10.2 Å². The number of nitrogens with two attached hydrogens (primary N) is 1. The predicted octanol–water partition coefficient (Wildman–Crippen LogP) is 2.72. The van der Waals surface area contributed by atoms with Crippen molar-refractivity contribution in [2.45, 2.75) is 24.8 Å². The zero-order valence-electron chi connectivity index (χ0n) is 9.47. The Labute approximate surface area is 99.9 Å². The van der Waals surface area contributed by atoms with Crippen molar-refractivity contribution < 1.29 is 9.52 Å². The monoisotopic (exact) mass is 229 g/mol. The maximum Gasteiger partial charge on any atom is 0.285 e. The Morgan fingerprint density at radius 1 is 1.18 bits per heavy atom. The fourth-order valence-electron chi connectivity index (χ4n) is 2.74. The maximum atomic E-state index is 9.65. The van der Waals surface area contributed by atoms with Crippen molar-refractivity contribution in [2.75, 3.05) is 0 Å². The van der Waals surface area contributed by atoms with E-state index in [2.05, 4.69) is 12.1 Å². The third kappa shape index (κ3) is 1.63. The Hall–Kier alpha value is -1.74. The Kier molecular flexibility index (Phi) is 2.41. The molecule has 2 unspecified atom stereocenters. The van der Waals surface area contributed by atoms with E-state index in [1.54, 1.807) is 0 Å². The van der Waals surface area contributed by atoms with Crippen molar-refractivity contribution in [3.05, 3.63) is 53.3 Å². The molecule has 0 radical (unpaired) electrons. The molecular weight excluding hydrogens is 214 g/mol. The first-order valence-corrected chi connectivity index (χ1v) is 5.87. The number of aryl methyl sites for hydroxylation is 1. The molecule has 0 amide bonds. The van der Waals surface area contributed by atoms with Crippen molar-refractivity contribution in [2.24, 2.45) is 5.73 Å². The zero-order valence-corrected chi connectivity index (χ0v) is 9.47. The normalized spacial score (nSPS) is 23.4. The predicted molar refractivity (Wildman–Crippen MR) is 64.8 cm³/mol. The smallest absolute Gasteiger partial charge is 0.285 e. The van der Waals surface area contributed by atoms with Gasteiger partial charge in [0, 0.05) is 17.5 Å². The summed E-state index contributed by atoms with van der Waals surface area (Å²) in [5.74, 6) is 0.147. The number of furan rings is 1. The average molecular weight is 229 g/mol. The molecule has 0 saturated carbocycles. The van der Waals surface area contributed by atoms with Crippen LogP contribution in [0, 0.1) is 0 Å². The van der Waals surface area contributed by atoms with Gasteiger partial charge in [0.2, 0.25) is 0 Å². The SMILES string of the molecule is NC1c2ccccc2CCC1c1ccoc1O. The zero-order chi connectivity index (χ0) is 11.8. The minimum absolute atomic E-state index is 0.00447. The van der Waals surface area contributed by atoms with Gasteiger partial charge in [0.05, 0.1) is 6.26 Å². The van der Waals surface area contributed by atoms with Gasteiger partial charge in [0.15, 0.2) is 0 Å². The van der Waals surface area contributed by atoms with Crippen molar-refractivity contribution in [3.63, 3.8) is 0 Å². The highest BCUT2D eigenvalue weighted by atomic mass is 16.5. The van der Waals surface area contributed by atoms with Crippen LogP contribution in [0.4, 0.5) is 0 Å². The van der Waals surface area contributed by atoms with Crippen LogP contribution >= 0.6 is 0 Å². The van der Waals surface area contributed by atoms with Crippen LogP contribution in [0.3, 0.4) is 0 Å². The molecule has 1 aromatic carbocycles. The topological polar surface area (TPSA) is 59.4 Å². The first-order valence-electron chi connectivity index (χ1n) is 5.87. The van der Waals surface area contributed by atoms with E-state index < -0.39 is 0 Å². The summed E-state index contributed by atoms with van der Waals surface area (Å²) in [5.41, 5.74) is 9.63. The van der Waals surface area contributed by atoms with E-state index in [0.717, 1.165) is 18.4 Å². The van der Waals surface area contributed by atoms with Crippen LogP contribution in [0.25, 0.3) is 0 Å². The quantitative estimate of drug-likeness (QED) is 0.790. The lowest BCUT2D eigenvalue weighted by molar-refractivity contribution is 0.319. The summed E-state index contributed by atoms with van der Waals surface area (Å²) < 4.78 is 4.95. The molecule has 0 saturated heterocycles. The number of hydrogen-bond acceptors (Lipinski definition) is 3. The van der Waals surface area contributed by atoms with Crippen molar-refractivity contribution >= 4 is 0 Å². The first-order chi connectivity index (χ1) is 8.27. The number of benzene rings is 1. The summed E-state index contributed by atoms with van der Waals surface area (Å²) in [6, 6.07) is 10.00. The fraction of sp³-hybridized carbons (Fsp3) is 0.286. The molecule has 0 bridgehead atoms. The summed E-state index contributed by atoms with van der Waals surface area (Å²) in [6.07, 6.45) is 3.46. The van der Waals surface area contributed by atoms with Crippen molar-refractivity contribution in [3.8, 4) is 5.95 Å². The first kappa shape index (κ1) is 10.4. The minimum atomic E-state index is -0.0663. The summed E-state index contributed by atoms with van der Waals surface area (Å²) in [7, 11) is 0. The van der Waals surface area contributed by atoms with E-state index in [1.807, 2.05) is 18.2 Å². The lowest BCUT2D eigenvalue weighted by Gasteiger charge is -2.30. The molecule has 1 aliphatic carbocycles. The molecule has 0 fully saturated rings. The van der Waals surface area contributed by atoms with Crippen LogP contribution in [0.15, 0.2) is 41.0 Å². The fourth-order valence-corrected chi connectivity index (χ4v) is 2.74. The Bertz CT molecular complexity index is 533. The van der Waals surface area contributed by atoms with Crippen LogP contribution in [-0.4, -0.2) is 5.11 Å². The molecule has 1 aliphatic rings. The molecule has 88 valence electrons. The number of hydrogen-bond donors (Lipinski definition) is 2. The van der Waals surface area contributed by atoms with Gasteiger partial charge in [-0.05, 0) is 30.0 Å². The number of aromatic hydroxyl groups is 1. The Balaban J connectivity index is 2.00. The molecular formula is C14H15NO2. The van der Waals surface area contributed by atoms with E-state index >= 15 is 0 Å². The third-order valence-electron chi connectivity index (χ3n) is 3.65. The second-order valence-electron chi connectivity index (χ2n) is 4.55. The van der Waals surface area contributed by atoms with Gasteiger partial charge in [-0.1, -0.05) is 24.3 Å². The van der Waals surface area contributed by atoms with Gasteiger partial charge in [-0.3, -0.25) is 0 Å². The van der Waals surface area contributed by atoms with Gasteiger partial charge in [-0.25, -0.2) is 0 Å². The van der Waals surface area contributed by atoms with E-state index in [0.29, 0.717) is 0 Å². The molecule has 1 aromatic heterocycles. The highest BCUT2D eigenvalue weighted by Crippen LogP contribution is 2.42.